The average Bonchev–Trinajstić information content (AvgIpc) is 2.83. The van der Waals surface area contributed by atoms with Gasteiger partial charge in [0, 0.05) is 52.5 Å². The van der Waals surface area contributed by atoms with Crippen LogP contribution >= 0.6 is 0 Å². The summed E-state index contributed by atoms with van der Waals surface area (Å²) in [5, 5.41) is 21.9. The smallest absolute Gasteiger partial charge is 0.307 e. The summed E-state index contributed by atoms with van der Waals surface area (Å²) in [6, 6.07) is 0. The maximum atomic E-state index is 12.5. The Bertz CT molecular complexity index is 1190. The van der Waals surface area contributed by atoms with Gasteiger partial charge in [-0.1, -0.05) is 19.9 Å². The molecule has 0 saturated heterocycles. The zero-order valence-electron chi connectivity index (χ0n) is 25.6. The first kappa shape index (κ1) is 34.7. The van der Waals surface area contributed by atoms with Gasteiger partial charge in [0.15, 0.2) is 11.9 Å². The molecule has 0 aromatic carbocycles. The van der Waals surface area contributed by atoms with E-state index in [9.17, 15) is 34.2 Å². The van der Waals surface area contributed by atoms with Crippen molar-refractivity contribution in [2.75, 3.05) is 6.61 Å². The fourth-order valence-electron chi connectivity index (χ4n) is 5.88. The number of fused-ring (bicyclic) bond motifs is 2. The van der Waals surface area contributed by atoms with Gasteiger partial charge in [0.25, 0.3) is 0 Å². The summed E-state index contributed by atoms with van der Waals surface area (Å²) < 4.78 is 28.2. The molecule has 2 aliphatic rings. The van der Waals surface area contributed by atoms with Crippen molar-refractivity contribution in [2.45, 2.75) is 106 Å². The van der Waals surface area contributed by atoms with Gasteiger partial charge in [-0.25, -0.2) is 0 Å². The first-order valence-corrected chi connectivity index (χ1v) is 13.7. The van der Waals surface area contributed by atoms with Gasteiger partial charge in [0.2, 0.25) is 0 Å². The highest BCUT2D eigenvalue weighted by Gasteiger charge is 2.50. The van der Waals surface area contributed by atoms with Crippen LogP contribution in [0, 0.1) is 11.3 Å². The van der Waals surface area contributed by atoms with E-state index >= 15 is 0 Å². The fraction of sp³-hybridized carbons (Fsp3) is 0.633. The summed E-state index contributed by atoms with van der Waals surface area (Å²) >= 11 is 0. The molecule has 234 valence electrons. The maximum absolute atomic E-state index is 12.5. The lowest BCUT2D eigenvalue weighted by atomic mass is 9.60. The zero-order valence-corrected chi connectivity index (χ0v) is 25.6. The molecule has 0 saturated carbocycles. The molecule has 0 spiro atoms. The fourth-order valence-corrected chi connectivity index (χ4v) is 5.88. The Kier molecular flexibility index (Phi) is 11.7. The first-order valence-electron chi connectivity index (χ1n) is 13.7. The normalized spacial score (nSPS) is 29.2. The van der Waals surface area contributed by atoms with E-state index in [0.717, 1.165) is 13.8 Å². The molecule has 0 radical (unpaired) electrons. The first-order chi connectivity index (χ1) is 19.4. The van der Waals surface area contributed by atoms with Crippen LogP contribution in [0.25, 0.3) is 0 Å². The topological polar surface area (TPSA) is 172 Å². The van der Waals surface area contributed by atoms with Crippen LogP contribution in [0.1, 0.15) is 75.2 Å². The van der Waals surface area contributed by atoms with E-state index in [1.807, 2.05) is 0 Å². The molecule has 0 aliphatic heterocycles. The Hall–Kier alpha value is -3.51. The molecule has 0 fully saturated rings. The average molecular weight is 595 g/mol. The Balaban J connectivity index is 3.11. The van der Waals surface area contributed by atoms with Gasteiger partial charge in [-0.2, -0.15) is 0 Å². The Morgan fingerprint density at radius 3 is 1.69 bits per heavy atom. The number of carbonyl (C=O) groups is 5. The monoisotopic (exact) mass is 594 g/mol. The van der Waals surface area contributed by atoms with Crippen LogP contribution in [0.2, 0.25) is 0 Å². The van der Waals surface area contributed by atoms with E-state index in [4.69, 9.17) is 23.7 Å². The van der Waals surface area contributed by atoms with Gasteiger partial charge in [-0.15, -0.1) is 0 Å². The van der Waals surface area contributed by atoms with Crippen LogP contribution in [0.15, 0.2) is 34.1 Å². The lowest BCUT2D eigenvalue weighted by Gasteiger charge is -2.48. The highest BCUT2D eigenvalue weighted by molar-refractivity contribution is 5.70. The number of hydrogen-bond acceptors (Lipinski definition) is 12. The van der Waals surface area contributed by atoms with Crippen molar-refractivity contribution >= 4 is 29.8 Å². The SMILES string of the molecule is CC(=O)OC1=C(C)[C@@H](OC(C)=O)C[C@H](OC(C)=O)/C(CO)=C/[C@H](O)[C@@H]2C[C@H](OC(C)=O)C(C)=C([C@H]1OC(C)=O)C2(C)C. The van der Waals surface area contributed by atoms with E-state index in [0.29, 0.717) is 11.1 Å². The van der Waals surface area contributed by atoms with Crippen LogP contribution in [0.3, 0.4) is 0 Å². The second-order valence-corrected chi connectivity index (χ2v) is 11.2. The quantitative estimate of drug-likeness (QED) is 0.262. The lowest BCUT2D eigenvalue weighted by Crippen LogP contribution is -2.48. The summed E-state index contributed by atoms with van der Waals surface area (Å²) in [5.74, 6) is -4.33. The second kappa shape index (κ2) is 14.1. The van der Waals surface area contributed by atoms with Gasteiger partial charge in [0.1, 0.15) is 18.3 Å². The van der Waals surface area contributed by atoms with E-state index in [1.54, 1.807) is 20.8 Å². The number of rotatable bonds is 6. The van der Waals surface area contributed by atoms with Gasteiger partial charge < -0.3 is 33.9 Å². The number of aliphatic hydroxyl groups excluding tert-OH is 2. The van der Waals surface area contributed by atoms with Crippen molar-refractivity contribution in [3.8, 4) is 0 Å². The molecule has 2 N–H and O–H groups in total. The molecule has 12 heteroatoms. The van der Waals surface area contributed by atoms with E-state index in [-0.39, 0.29) is 29.7 Å². The third-order valence-corrected chi connectivity index (χ3v) is 7.65. The number of esters is 5. The molecule has 0 amide bonds. The summed E-state index contributed by atoms with van der Waals surface area (Å²) in [6.45, 7) is 12.1. The van der Waals surface area contributed by atoms with Crippen molar-refractivity contribution in [1.82, 2.24) is 0 Å². The molecule has 42 heavy (non-hydrogen) atoms. The van der Waals surface area contributed by atoms with Crippen molar-refractivity contribution in [3.05, 3.63) is 34.1 Å². The van der Waals surface area contributed by atoms with Crippen LogP contribution in [-0.2, 0) is 47.7 Å². The molecule has 2 aliphatic carbocycles. The maximum Gasteiger partial charge on any atom is 0.307 e. The Morgan fingerprint density at radius 1 is 0.762 bits per heavy atom. The standard InChI is InChI=1S/C30H42O12/c1-14-24(38-16(3)32)11-22-23(37)10-21(13-31)26(40-18(5)34)12-25(39-17(4)33)15(2)28(41-19(6)35)29(42-20(7)36)27(14)30(22,8)9/h10,22-26,29,31,37H,11-13H2,1-9H3/b21-10+,28-15?/t22-,23-,24-,25-,26-,29+/m0/s1. The third-order valence-electron chi connectivity index (χ3n) is 7.65. The van der Waals surface area contributed by atoms with E-state index in [1.165, 1.54) is 33.8 Å². The van der Waals surface area contributed by atoms with Gasteiger partial charge in [-0.3, -0.25) is 24.0 Å². The molecule has 0 aromatic rings. The minimum atomic E-state index is -1.36. The summed E-state index contributed by atoms with van der Waals surface area (Å²) in [4.78, 5) is 61.4. The number of ether oxygens (including phenoxy) is 5. The summed E-state index contributed by atoms with van der Waals surface area (Å²) in [5.41, 5.74) is 0.238. The largest absolute Gasteiger partial charge is 0.458 e. The van der Waals surface area contributed by atoms with Crippen molar-refractivity contribution in [2.24, 2.45) is 11.3 Å². The summed E-state index contributed by atoms with van der Waals surface area (Å²) in [7, 11) is 0. The zero-order chi connectivity index (χ0) is 32.1. The molecule has 6 atom stereocenters. The highest BCUT2D eigenvalue weighted by Crippen LogP contribution is 2.51. The van der Waals surface area contributed by atoms with Crippen LogP contribution in [-0.4, -0.2) is 77.2 Å². The molecule has 0 aromatic heterocycles. The highest BCUT2D eigenvalue weighted by atomic mass is 16.6. The second-order valence-electron chi connectivity index (χ2n) is 11.2. The van der Waals surface area contributed by atoms with Gasteiger partial charge >= 0.3 is 29.8 Å². The molecular weight excluding hydrogens is 552 g/mol. The number of aliphatic hydroxyl groups is 2. The summed E-state index contributed by atoms with van der Waals surface area (Å²) in [6.07, 6.45) is -4.55. The molecule has 0 unspecified atom stereocenters. The predicted octanol–water partition coefficient (Wildman–Crippen LogP) is 2.60. The number of hydrogen-bond donors (Lipinski definition) is 2. The predicted molar refractivity (Wildman–Crippen MR) is 147 cm³/mol. The van der Waals surface area contributed by atoms with Crippen LogP contribution in [0.5, 0.6) is 0 Å². The lowest BCUT2D eigenvalue weighted by molar-refractivity contribution is -0.153. The van der Waals surface area contributed by atoms with Crippen LogP contribution in [0.4, 0.5) is 0 Å². The molecule has 12 nitrogen and oxygen atoms in total. The van der Waals surface area contributed by atoms with Crippen LogP contribution < -0.4 is 0 Å². The minimum absolute atomic E-state index is 0.140. The van der Waals surface area contributed by atoms with Crippen molar-refractivity contribution in [1.29, 1.82) is 0 Å². The van der Waals surface area contributed by atoms with Crippen molar-refractivity contribution < 1.29 is 57.9 Å². The van der Waals surface area contributed by atoms with Gasteiger partial charge in [-0.05, 0) is 42.4 Å². The van der Waals surface area contributed by atoms with Gasteiger partial charge in [0.05, 0.1) is 12.7 Å². The van der Waals surface area contributed by atoms with Crippen molar-refractivity contribution in [3.63, 3.8) is 0 Å². The Morgan fingerprint density at radius 2 is 1.24 bits per heavy atom. The Labute approximate surface area is 245 Å². The van der Waals surface area contributed by atoms with E-state index < -0.39 is 78.3 Å². The minimum Gasteiger partial charge on any atom is -0.458 e. The number of carbonyl (C=O) groups excluding carboxylic acids is 5. The molecular formula is C30H42O12. The molecule has 0 heterocycles. The molecule has 2 bridgehead atoms. The van der Waals surface area contributed by atoms with E-state index in [2.05, 4.69) is 0 Å². The third kappa shape index (κ3) is 8.28. The molecule has 2 rings (SSSR count).